The second-order valence-corrected chi connectivity index (χ2v) is 20.2. The van der Waals surface area contributed by atoms with E-state index >= 15 is 0 Å². The first-order valence-electron chi connectivity index (χ1n) is 20.5. The molecule has 1 aliphatic carbocycles. The summed E-state index contributed by atoms with van der Waals surface area (Å²) in [6.45, 7) is 7.82. The second-order valence-electron chi connectivity index (χ2n) is 15.8. The molecule has 0 spiro atoms. The van der Waals surface area contributed by atoms with Gasteiger partial charge in [0.25, 0.3) is 20.2 Å². The highest BCUT2D eigenvalue weighted by Crippen LogP contribution is 2.47. The van der Waals surface area contributed by atoms with Gasteiger partial charge in [0.05, 0.1) is 48.6 Å². The summed E-state index contributed by atoms with van der Waals surface area (Å²) in [5.41, 5.74) is 8.47. The minimum absolute atomic E-state index is 0.0137. The van der Waals surface area contributed by atoms with Gasteiger partial charge in [-0.25, -0.2) is 8.42 Å². The third-order valence-corrected chi connectivity index (χ3v) is 13.7. The highest BCUT2D eigenvalue weighted by Gasteiger charge is 2.38. The SMILES string of the molecule is COCCN/C(=C/C=C/C1=C(CCCCCC(N)=O)Cc2ccc(S(=O)(=O)[O-])cc2C1(C)CCOCCOCCOC)C(C)(CCCS(=O)(=O)O)c1cc(S(=O)(=O)O)ccc1C. The number of carbonyl (C=O) groups is 1. The summed E-state index contributed by atoms with van der Waals surface area (Å²) < 4.78 is 127. The van der Waals surface area contributed by atoms with Gasteiger partial charge in [-0.2, -0.15) is 16.8 Å². The van der Waals surface area contributed by atoms with Crippen LogP contribution in [0.4, 0.5) is 0 Å². The smallest absolute Gasteiger partial charge is 0.294 e. The molecule has 0 aliphatic heterocycles. The average molecular weight is 928 g/mol. The van der Waals surface area contributed by atoms with E-state index in [1.54, 1.807) is 32.2 Å². The number of unbranched alkanes of at least 4 members (excludes halogenated alkanes) is 2. The van der Waals surface area contributed by atoms with Crippen molar-refractivity contribution in [1.29, 1.82) is 0 Å². The predicted molar refractivity (Wildman–Crippen MR) is 234 cm³/mol. The number of hydrogen-bond acceptors (Lipinski definition) is 13. The Kier molecular flexibility index (Phi) is 20.4. The molecule has 1 amide bonds. The topological polar surface area (TPSA) is 258 Å². The molecule has 0 heterocycles. The minimum atomic E-state index is -4.81. The number of carbonyl (C=O) groups excluding carboxylic acids is 1. The molecule has 19 heteroatoms. The Morgan fingerprint density at radius 1 is 0.903 bits per heavy atom. The molecule has 0 aromatic heterocycles. The quantitative estimate of drug-likeness (QED) is 0.0472. The fraction of sp³-hybridized carbons (Fsp3) is 0.558. The molecule has 16 nitrogen and oxygen atoms in total. The molecule has 5 N–H and O–H groups in total. The summed E-state index contributed by atoms with van der Waals surface area (Å²) in [6, 6.07) is 8.62. The fourth-order valence-corrected chi connectivity index (χ4v) is 9.45. The number of amides is 1. The van der Waals surface area contributed by atoms with Gasteiger partial charge in [-0.05, 0) is 117 Å². The number of benzene rings is 2. The number of methoxy groups -OCH3 is 2. The lowest BCUT2D eigenvalue weighted by Gasteiger charge is -2.40. The van der Waals surface area contributed by atoms with Crippen LogP contribution in [0, 0.1) is 6.92 Å². The van der Waals surface area contributed by atoms with Gasteiger partial charge >= 0.3 is 0 Å². The van der Waals surface area contributed by atoms with Gasteiger partial charge in [0, 0.05) is 50.3 Å². The van der Waals surface area contributed by atoms with E-state index < -0.39 is 46.9 Å². The molecular formula is C43H63N2O14S3-. The predicted octanol–water partition coefficient (Wildman–Crippen LogP) is 5.06. The molecule has 62 heavy (non-hydrogen) atoms. The summed E-state index contributed by atoms with van der Waals surface area (Å²) >= 11 is 0. The first kappa shape index (κ1) is 52.8. The molecule has 2 unspecified atom stereocenters. The number of nitrogens with two attached hydrogens (primary N) is 1. The van der Waals surface area contributed by atoms with Gasteiger partial charge in [0.1, 0.15) is 10.1 Å². The van der Waals surface area contributed by atoms with Gasteiger partial charge in [-0.15, -0.1) is 0 Å². The third-order valence-electron chi connectivity index (χ3n) is 11.2. The Morgan fingerprint density at radius 2 is 1.56 bits per heavy atom. The van der Waals surface area contributed by atoms with Crippen molar-refractivity contribution in [2.24, 2.45) is 5.73 Å². The van der Waals surface area contributed by atoms with Gasteiger partial charge in [-0.3, -0.25) is 13.9 Å². The molecule has 0 fully saturated rings. The maximum absolute atomic E-state index is 12.3. The van der Waals surface area contributed by atoms with Crippen LogP contribution in [0.2, 0.25) is 0 Å². The van der Waals surface area contributed by atoms with E-state index in [9.17, 15) is 43.7 Å². The molecule has 3 rings (SSSR count). The lowest BCUT2D eigenvalue weighted by Crippen LogP contribution is -2.36. The van der Waals surface area contributed by atoms with E-state index in [4.69, 9.17) is 24.7 Å². The van der Waals surface area contributed by atoms with Crippen molar-refractivity contribution in [2.75, 3.05) is 66.2 Å². The van der Waals surface area contributed by atoms with Crippen molar-refractivity contribution in [1.82, 2.24) is 5.32 Å². The molecule has 2 aromatic rings. The number of allylic oxidation sites excluding steroid dienone is 6. The zero-order valence-corrected chi connectivity index (χ0v) is 38.8. The molecule has 2 atom stereocenters. The first-order valence-corrected chi connectivity index (χ1v) is 24.9. The van der Waals surface area contributed by atoms with Crippen LogP contribution in [0.25, 0.3) is 0 Å². The van der Waals surface area contributed by atoms with Crippen LogP contribution in [0.3, 0.4) is 0 Å². The molecular weight excluding hydrogens is 865 g/mol. The highest BCUT2D eigenvalue weighted by molar-refractivity contribution is 7.86. The van der Waals surface area contributed by atoms with E-state index in [1.807, 2.05) is 26.0 Å². The summed E-state index contributed by atoms with van der Waals surface area (Å²) in [6.07, 6.45) is 9.40. The fourth-order valence-electron chi connectivity index (χ4n) is 7.93. The number of hydrogen-bond donors (Lipinski definition) is 4. The van der Waals surface area contributed by atoms with Crippen LogP contribution in [-0.2, 0) is 71.3 Å². The second kappa shape index (κ2) is 24.0. The maximum atomic E-state index is 12.3. The van der Waals surface area contributed by atoms with Crippen LogP contribution >= 0.6 is 0 Å². The van der Waals surface area contributed by atoms with Crippen molar-refractivity contribution in [2.45, 2.75) is 99.2 Å². The Labute approximate surface area is 367 Å². The minimum Gasteiger partial charge on any atom is -0.744 e. The van der Waals surface area contributed by atoms with Crippen LogP contribution < -0.4 is 11.1 Å². The van der Waals surface area contributed by atoms with E-state index in [1.165, 1.54) is 31.4 Å². The van der Waals surface area contributed by atoms with Gasteiger partial charge in [0.2, 0.25) is 5.91 Å². The third kappa shape index (κ3) is 15.9. The standard InChI is InChI=1S/C43H64N2O14S3/c1-32-15-17-35(61(50,51)52)30-38(32)43(3,19-10-28-60(47,48)49)40(45-21-23-56-4)13-9-12-37-33(11-7-6-8-14-41(44)46)29-34-16-18-36(62(53,54)55)31-39(34)42(37,2)20-22-58-26-27-59-25-24-57-5/h9,12-13,15-18,30-31,45H,6-8,10-11,14,19-29H2,1-5H3,(H2,44,46)(H,47,48,49)(H,50,51,52)(H,53,54,55)/p-1/b12-9+,40-13+. The van der Waals surface area contributed by atoms with Crippen molar-refractivity contribution >= 4 is 36.3 Å². The van der Waals surface area contributed by atoms with E-state index in [2.05, 4.69) is 5.32 Å². The molecule has 0 saturated heterocycles. The number of ether oxygens (including phenoxy) is 4. The van der Waals surface area contributed by atoms with Crippen molar-refractivity contribution < 1.29 is 62.7 Å². The average Bonchev–Trinajstić information content (AvgIpc) is 3.17. The van der Waals surface area contributed by atoms with Gasteiger partial charge in [-0.1, -0.05) is 43.2 Å². The van der Waals surface area contributed by atoms with Crippen molar-refractivity contribution in [3.05, 3.63) is 93.7 Å². The monoisotopic (exact) mass is 927 g/mol. The zero-order valence-electron chi connectivity index (χ0n) is 36.3. The van der Waals surface area contributed by atoms with E-state index in [-0.39, 0.29) is 54.8 Å². The number of rotatable bonds is 29. The maximum Gasteiger partial charge on any atom is 0.294 e. The Morgan fingerprint density at radius 3 is 2.19 bits per heavy atom. The van der Waals surface area contributed by atoms with Crippen molar-refractivity contribution in [3.8, 4) is 0 Å². The van der Waals surface area contributed by atoms with Crippen LogP contribution in [0.5, 0.6) is 0 Å². The normalized spacial score (nSPS) is 17.3. The molecule has 0 saturated carbocycles. The van der Waals surface area contributed by atoms with Crippen molar-refractivity contribution in [3.63, 3.8) is 0 Å². The molecule has 1 aliphatic rings. The van der Waals surface area contributed by atoms with E-state index in [0.717, 1.165) is 29.6 Å². The lowest BCUT2D eigenvalue weighted by atomic mass is 9.65. The Hall–Kier alpha value is -3.50. The molecule has 0 radical (unpaired) electrons. The molecule has 0 bridgehead atoms. The molecule has 2 aromatic carbocycles. The summed E-state index contributed by atoms with van der Waals surface area (Å²) in [5.74, 6) is -0.941. The molecule has 348 valence electrons. The summed E-state index contributed by atoms with van der Waals surface area (Å²) in [4.78, 5) is 10.8. The highest BCUT2D eigenvalue weighted by atomic mass is 32.2. The van der Waals surface area contributed by atoms with Crippen LogP contribution in [-0.4, -0.2) is 111 Å². The van der Waals surface area contributed by atoms with E-state index in [0.29, 0.717) is 74.4 Å². The first-order chi connectivity index (χ1) is 29.1. The number of fused-ring (bicyclic) bond motifs is 1. The summed E-state index contributed by atoms with van der Waals surface area (Å²) in [5, 5.41) is 3.39. The zero-order chi connectivity index (χ0) is 46.2. The lowest BCUT2D eigenvalue weighted by molar-refractivity contribution is -0.118. The largest absolute Gasteiger partial charge is 0.744 e. The van der Waals surface area contributed by atoms with Crippen LogP contribution in [0.15, 0.2) is 81.3 Å². The Bertz CT molecular complexity index is 2260. The van der Waals surface area contributed by atoms with Gasteiger partial charge < -0.3 is 34.6 Å². The number of nitrogens with one attached hydrogen (secondary N) is 1. The Balaban J connectivity index is 2.27. The van der Waals surface area contributed by atoms with Gasteiger partial charge in [0.15, 0.2) is 0 Å². The number of aryl methyl sites for hydroxylation is 1. The van der Waals surface area contributed by atoms with Crippen LogP contribution in [0.1, 0.15) is 87.5 Å². The number of primary amides is 1. The summed E-state index contributed by atoms with van der Waals surface area (Å²) in [7, 11) is -10.7.